The molecular formula is C28H34Cl2Zr. The molecule has 4 rings (SSSR count). The summed E-state index contributed by atoms with van der Waals surface area (Å²) in [6.45, 7) is 13.7. The zero-order valence-electron chi connectivity index (χ0n) is 19.6. The number of benzene rings is 2. The molecule has 0 amide bonds. The van der Waals surface area contributed by atoms with E-state index in [1.165, 1.54) is 32.7 Å². The van der Waals surface area contributed by atoms with Crippen LogP contribution in [0.3, 0.4) is 0 Å². The minimum atomic E-state index is 0. The monoisotopic (exact) mass is 530 g/mol. The Hall–Kier alpha value is -0.877. The fraction of sp³-hybridized carbons (Fsp3) is 0.357. The van der Waals surface area contributed by atoms with Gasteiger partial charge in [-0.15, -0.1) is 82.2 Å². The molecule has 4 aromatic rings. The van der Waals surface area contributed by atoms with Gasteiger partial charge in [-0.25, -0.2) is 0 Å². The molecular weight excluding hydrogens is 498 g/mol. The molecule has 0 unspecified atom stereocenters. The van der Waals surface area contributed by atoms with Crippen molar-refractivity contribution in [2.24, 2.45) is 10.8 Å². The van der Waals surface area contributed by atoms with E-state index in [0.29, 0.717) is 10.8 Å². The summed E-state index contributed by atoms with van der Waals surface area (Å²) in [5, 5.41) is 5.57. The predicted octanol–water partition coefficient (Wildman–Crippen LogP) is 2.30. The molecule has 0 heterocycles. The van der Waals surface area contributed by atoms with E-state index >= 15 is 0 Å². The molecule has 0 aliphatic heterocycles. The fourth-order valence-electron chi connectivity index (χ4n) is 3.88. The van der Waals surface area contributed by atoms with Crippen molar-refractivity contribution in [2.45, 2.75) is 54.4 Å². The first-order valence-corrected chi connectivity index (χ1v) is 10.4. The van der Waals surface area contributed by atoms with Crippen molar-refractivity contribution in [3.63, 3.8) is 0 Å². The van der Waals surface area contributed by atoms with E-state index in [0.717, 1.165) is 12.8 Å². The maximum absolute atomic E-state index is 2.29. The Labute approximate surface area is 220 Å². The van der Waals surface area contributed by atoms with Gasteiger partial charge in [-0.1, -0.05) is 66.5 Å². The second-order valence-corrected chi connectivity index (χ2v) is 10.4. The van der Waals surface area contributed by atoms with Gasteiger partial charge in [0, 0.05) is 0 Å². The molecule has 0 nitrogen and oxygen atoms in total. The van der Waals surface area contributed by atoms with Crippen LogP contribution in [0.25, 0.3) is 21.5 Å². The first-order chi connectivity index (χ1) is 13.1. The van der Waals surface area contributed by atoms with Crippen LogP contribution in [-0.4, -0.2) is 0 Å². The van der Waals surface area contributed by atoms with Crippen molar-refractivity contribution in [1.29, 1.82) is 0 Å². The quantitative estimate of drug-likeness (QED) is 0.348. The van der Waals surface area contributed by atoms with Crippen LogP contribution in [0.4, 0.5) is 0 Å². The van der Waals surface area contributed by atoms with Crippen LogP contribution >= 0.6 is 0 Å². The number of hydrogen-bond acceptors (Lipinski definition) is 0. The molecule has 0 aliphatic carbocycles. The normalized spacial score (nSPS) is 11.0. The average molecular weight is 533 g/mol. The SMILES string of the molecule is CC(C)(C)Cc1c[cH-]c2ccccc12.CC(C)(C)Cc1c[cH-]c2ccccc12.[Cl-].[Cl-].[Zr+4]. The largest absolute Gasteiger partial charge is 4.00 e. The van der Waals surface area contributed by atoms with Gasteiger partial charge in [0.15, 0.2) is 0 Å². The Morgan fingerprint density at radius 3 is 1.23 bits per heavy atom. The molecule has 164 valence electrons. The first kappa shape index (κ1) is 30.1. The van der Waals surface area contributed by atoms with E-state index in [2.05, 4.69) is 114 Å². The van der Waals surface area contributed by atoms with Crippen LogP contribution < -0.4 is 24.8 Å². The van der Waals surface area contributed by atoms with Gasteiger partial charge in [0.05, 0.1) is 0 Å². The van der Waals surface area contributed by atoms with Crippen molar-refractivity contribution >= 4 is 21.5 Å². The number of rotatable bonds is 2. The third-order valence-electron chi connectivity index (χ3n) is 4.98. The summed E-state index contributed by atoms with van der Waals surface area (Å²) in [5.41, 5.74) is 3.70. The van der Waals surface area contributed by atoms with Crippen molar-refractivity contribution in [3.8, 4) is 0 Å². The molecule has 31 heavy (non-hydrogen) atoms. The molecule has 4 aromatic carbocycles. The number of hydrogen-bond donors (Lipinski definition) is 0. The standard InChI is InChI=1S/2C14H17.2ClH.Zr/c2*1-14(2,3)10-12-9-8-11-6-4-5-7-13(11)12;;;/h2*4-9H,10H2,1-3H3;2*1H;/q2*-1;;;+4/p-2. The summed E-state index contributed by atoms with van der Waals surface area (Å²) in [6, 6.07) is 26.2. The summed E-state index contributed by atoms with van der Waals surface area (Å²) in [5.74, 6) is 0. The molecule has 0 atom stereocenters. The molecule has 0 aliphatic rings. The number of fused-ring (bicyclic) bond motifs is 2. The molecule has 0 N–H and O–H groups in total. The van der Waals surface area contributed by atoms with Crippen molar-refractivity contribution in [3.05, 3.63) is 83.9 Å². The van der Waals surface area contributed by atoms with Crippen molar-refractivity contribution in [1.82, 2.24) is 0 Å². The van der Waals surface area contributed by atoms with E-state index in [-0.39, 0.29) is 51.0 Å². The molecule has 3 heteroatoms. The van der Waals surface area contributed by atoms with E-state index < -0.39 is 0 Å². The first-order valence-electron chi connectivity index (χ1n) is 10.4. The minimum absolute atomic E-state index is 0. The summed E-state index contributed by atoms with van der Waals surface area (Å²) < 4.78 is 0. The van der Waals surface area contributed by atoms with Gasteiger partial charge in [0.2, 0.25) is 0 Å². The van der Waals surface area contributed by atoms with Gasteiger partial charge in [-0.05, 0) is 10.8 Å². The average Bonchev–Trinajstić information content (AvgIpc) is 3.18. The smallest absolute Gasteiger partial charge is 1.00 e. The fourth-order valence-corrected chi connectivity index (χ4v) is 3.88. The Kier molecular flexibility index (Phi) is 12.0. The van der Waals surface area contributed by atoms with Crippen LogP contribution in [0.15, 0.2) is 72.8 Å². The second kappa shape index (κ2) is 12.4. The van der Waals surface area contributed by atoms with E-state index in [9.17, 15) is 0 Å². The van der Waals surface area contributed by atoms with Crippen LogP contribution in [0.5, 0.6) is 0 Å². The second-order valence-electron chi connectivity index (χ2n) is 10.4. The third kappa shape index (κ3) is 8.88. The zero-order valence-corrected chi connectivity index (χ0v) is 23.6. The van der Waals surface area contributed by atoms with E-state index in [1.54, 1.807) is 0 Å². The predicted molar refractivity (Wildman–Crippen MR) is 125 cm³/mol. The van der Waals surface area contributed by atoms with Crippen LogP contribution in [0, 0.1) is 10.8 Å². The third-order valence-corrected chi connectivity index (χ3v) is 4.98. The van der Waals surface area contributed by atoms with Gasteiger partial charge < -0.3 is 24.8 Å². The minimum Gasteiger partial charge on any atom is -1.00 e. The summed E-state index contributed by atoms with van der Waals surface area (Å²) in [6.07, 6.45) is 2.31. The molecule has 0 spiro atoms. The molecule has 0 aromatic heterocycles. The van der Waals surface area contributed by atoms with Crippen molar-refractivity contribution in [2.75, 3.05) is 0 Å². The molecule has 0 radical (unpaired) electrons. The Balaban J connectivity index is 0.000000529. The van der Waals surface area contributed by atoms with Crippen LogP contribution in [-0.2, 0) is 39.0 Å². The number of halogens is 2. The van der Waals surface area contributed by atoms with E-state index in [4.69, 9.17) is 0 Å². The summed E-state index contributed by atoms with van der Waals surface area (Å²) in [4.78, 5) is 0. The molecule has 0 bridgehead atoms. The van der Waals surface area contributed by atoms with Gasteiger partial charge in [-0.2, -0.15) is 11.1 Å². The van der Waals surface area contributed by atoms with E-state index in [1.807, 2.05) is 0 Å². The van der Waals surface area contributed by atoms with Gasteiger partial charge in [0.1, 0.15) is 0 Å². The molecule has 0 saturated carbocycles. The molecule has 0 fully saturated rings. The Morgan fingerprint density at radius 1 is 0.581 bits per heavy atom. The van der Waals surface area contributed by atoms with Crippen molar-refractivity contribution < 1.29 is 51.0 Å². The summed E-state index contributed by atoms with van der Waals surface area (Å²) >= 11 is 0. The van der Waals surface area contributed by atoms with Crippen LogP contribution in [0.2, 0.25) is 0 Å². The van der Waals surface area contributed by atoms with Gasteiger partial charge in [0.25, 0.3) is 0 Å². The van der Waals surface area contributed by atoms with Crippen LogP contribution in [0.1, 0.15) is 52.7 Å². The zero-order chi connectivity index (χ0) is 20.4. The maximum atomic E-state index is 2.29. The molecule has 0 saturated heterocycles. The Bertz CT molecular complexity index is 956. The Morgan fingerprint density at radius 2 is 0.903 bits per heavy atom. The summed E-state index contributed by atoms with van der Waals surface area (Å²) in [7, 11) is 0. The topological polar surface area (TPSA) is 0 Å². The van der Waals surface area contributed by atoms with Gasteiger partial charge >= 0.3 is 26.2 Å². The van der Waals surface area contributed by atoms with Gasteiger partial charge in [-0.3, -0.25) is 0 Å². The maximum Gasteiger partial charge on any atom is 4.00 e.